The minimum absolute atomic E-state index is 0.0693. The summed E-state index contributed by atoms with van der Waals surface area (Å²) >= 11 is 0. The molecule has 1 nitrogen and oxygen atoms in total. The molecule has 1 aromatic rings. The fourth-order valence-electron chi connectivity index (χ4n) is 2.36. The second kappa shape index (κ2) is 3.93. The zero-order chi connectivity index (χ0) is 10.9. The summed E-state index contributed by atoms with van der Waals surface area (Å²) in [4.78, 5) is 0. The highest BCUT2D eigenvalue weighted by atomic mass is 19.1. The van der Waals surface area contributed by atoms with Crippen LogP contribution in [-0.2, 0) is 6.42 Å². The first-order chi connectivity index (χ1) is 7.09. The standard InChI is InChI=1S/C13H18FN/c1-13(2)11(7-8-15-13)9-10-5-3-4-6-12(10)14/h3-6,11,15H,7-9H2,1-2H3. The van der Waals surface area contributed by atoms with Crippen LogP contribution in [-0.4, -0.2) is 12.1 Å². The topological polar surface area (TPSA) is 12.0 Å². The lowest BCUT2D eigenvalue weighted by Gasteiger charge is -2.27. The number of hydrogen-bond acceptors (Lipinski definition) is 1. The van der Waals surface area contributed by atoms with Crippen LogP contribution in [0.3, 0.4) is 0 Å². The van der Waals surface area contributed by atoms with Gasteiger partial charge in [-0.25, -0.2) is 4.39 Å². The molecule has 15 heavy (non-hydrogen) atoms. The summed E-state index contributed by atoms with van der Waals surface area (Å²) in [5.41, 5.74) is 0.988. The van der Waals surface area contributed by atoms with Crippen LogP contribution in [0.15, 0.2) is 24.3 Å². The van der Waals surface area contributed by atoms with Crippen molar-refractivity contribution in [2.24, 2.45) is 5.92 Å². The van der Waals surface area contributed by atoms with Gasteiger partial charge in [-0.1, -0.05) is 18.2 Å². The highest BCUT2D eigenvalue weighted by Gasteiger charge is 2.34. The van der Waals surface area contributed by atoms with E-state index in [-0.39, 0.29) is 11.4 Å². The first kappa shape index (κ1) is 10.6. The zero-order valence-electron chi connectivity index (χ0n) is 9.39. The van der Waals surface area contributed by atoms with E-state index in [1.54, 1.807) is 12.1 Å². The molecule has 0 radical (unpaired) electrons. The predicted octanol–water partition coefficient (Wildman–Crippen LogP) is 2.76. The lowest BCUT2D eigenvalue weighted by molar-refractivity contribution is 0.330. The molecule has 1 atom stereocenters. The van der Waals surface area contributed by atoms with Crippen LogP contribution in [0.1, 0.15) is 25.8 Å². The van der Waals surface area contributed by atoms with Gasteiger partial charge in [0, 0.05) is 5.54 Å². The van der Waals surface area contributed by atoms with Crippen molar-refractivity contribution in [1.82, 2.24) is 5.32 Å². The van der Waals surface area contributed by atoms with Crippen molar-refractivity contribution in [2.45, 2.75) is 32.2 Å². The summed E-state index contributed by atoms with van der Waals surface area (Å²) in [5, 5.41) is 3.46. The monoisotopic (exact) mass is 207 g/mol. The van der Waals surface area contributed by atoms with E-state index >= 15 is 0 Å². The average molecular weight is 207 g/mol. The second-order valence-corrected chi connectivity index (χ2v) is 4.93. The predicted molar refractivity (Wildman–Crippen MR) is 60.3 cm³/mol. The van der Waals surface area contributed by atoms with Gasteiger partial charge in [-0.3, -0.25) is 0 Å². The Kier molecular flexibility index (Phi) is 2.79. The number of nitrogens with one attached hydrogen (secondary N) is 1. The third kappa shape index (κ3) is 2.20. The highest BCUT2D eigenvalue weighted by Crippen LogP contribution is 2.29. The maximum atomic E-state index is 13.5. The first-order valence-corrected chi connectivity index (χ1v) is 5.58. The zero-order valence-corrected chi connectivity index (χ0v) is 9.39. The van der Waals surface area contributed by atoms with Crippen LogP contribution < -0.4 is 5.32 Å². The second-order valence-electron chi connectivity index (χ2n) is 4.93. The van der Waals surface area contributed by atoms with Gasteiger partial charge in [0.25, 0.3) is 0 Å². The Hall–Kier alpha value is -0.890. The van der Waals surface area contributed by atoms with Gasteiger partial charge in [-0.2, -0.15) is 0 Å². The molecule has 0 bridgehead atoms. The molecule has 1 aliphatic heterocycles. The fourth-order valence-corrected chi connectivity index (χ4v) is 2.36. The van der Waals surface area contributed by atoms with Crippen molar-refractivity contribution in [1.29, 1.82) is 0 Å². The highest BCUT2D eigenvalue weighted by molar-refractivity contribution is 5.19. The number of hydrogen-bond donors (Lipinski definition) is 1. The van der Waals surface area contributed by atoms with Gasteiger partial charge >= 0.3 is 0 Å². The molecule has 1 unspecified atom stereocenters. The molecule has 1 saturated heterocycles. The maximum absolute atomic E-state index is 13.5. The summed E-state index contributed by atoms with van der Waals surface area (Å²) in [6.45, 7) is 5.45. The Bertz CT molecular complexity index is 346. The molecule has 1 aliphatic rings. The molecule has 1 fully saturated rings. The van der Waals surface area contributed by atoms with E-state index < -0.39 is 0 Å². The fraction of sp³-hybridized carbons (Fsp3) is 0.538. The lowest BCUT2D eigenvalue weighted by atomic mass is 9.84. The van der Waals surface area contributed by atoms with Gasteiger partial charge in [-0.05, 0) is 50.8 Å². The van der Waals surface area contributed by atoms with Crippen LogP contribution in [0.25, 0.3) is 0 Å². The van der Waals surface area contributed by atoms with Crippen molar-refractivity contribution < 1.29 is 4.39 Å². The molecule has 1 N–H and O–H groups in total. The molecular formula is C13H18FN. The number of halogens is 1. The van der Waals surface area contributed by atoms with E-state index in [9.17, 15) is 4.39 Å². The van der Waals surface area contributed by atoms with Crippen LogP contribution in [0.4, 0.5) is 4.39 Å². The van der Waals surface area contributed by atoms with Crippen LogP contribution in [0.2, 0.25) is 0 Å². The minimum Gasteiger partial charge on any atom is -0.311 e. The van der Waals surface area contributed by atoms with Crippen molar-refractivity contribution in [2.75, 3.05) is 6.54 Å². The third-order valence-corrected chi connectivity index (χ3v) is 3.52. The molecular weight excluding hydrogens is 189 g/mol. The Morgan fingerprint density at radius 3 is 2.73 bits per heavy atom. The largest absolute Gasteiger partial charge is 0.311 e. The average Bonchev–Trinajstić information content (AvgIpc) is 2.50. The molecule has 2 heteroatoms. The summed E-state index contributed by atoms with van der Waals surface area (Å²) in [6, 6.07) is 7.10. The molecule has 0 amide bonds. The summed E-state index contributed by atoms with van der Waals surface area (Å²) < 4.78 is 13.5. The van der Waals surface area contributed by atoms with Crippen molar-refractivity contribution >= 4 is 0 Å². The Morgan fingerprint density at radius 2 is 2.13 bits per heavy atom. The molecule has 82 valence electrons. The summed E-state index contributed by atoms with van der Waals surface area (Å²) in [7, 11) is 0. The lowest BCUT2D eigenvalue weighted by Crippen LogP contribution is -2.38. The first-order valence-electron chi connectivity index (χ1n) is 5.58. The number of benzene rings is 1. The quantitative estimate of drug-likeness (QED) is 0.786. The van der Waals surface area contributed by atoms with Crippen LogP contribution >= 0.6 is 0 Å². The molecule has 1 aromatic carbocycles. The van der Waals surface area contributed by atoms with Crippen LogP contribution in [0, 0.1) is 11.7 Å². The van der Waals surface area contributed by atoms with Gasteiger partial charge < -0.3 is 5.32 Å². The SMILES string of the molecule is CC1(C)NCCC1Cc1ccccc1F. The molecule has 0 saturated carbocycles. The molecule has 0 aromatic heterocycles. The number of rotatable bonds is 2. The van der Waals surface area contributed by atoms with Crippen molar-refractivity contribution in [3.8, 4) is 0 Å². The van der Waals surface area contributed by atoms with E-state index in [4.69, 9.17) is 0 Å². The minimum atomic E-state index is -0.0693. The maximum Gasteiger partial charge on any atom is 0.126 e. The smallest absolute Gasteiger partial charge is 0.126 e. The van der Waals surface area contributed by atoms with Gasteiger partial charge in [0.1, 0.15) is 5.82 Å². The summed E-state index contributed by atoms with van der Waals surface area (Å²) in [6.07, 6.45) is 1.98. The van der Waals surface area contributed by atoms with Crippen molar-refractivity contribution in [3.63, 3.8) is 0 Å². The van der Waals surface area contributed by atoms with E-state index in [2.05, 4.69) is 19.2 Å². The van der Waals surface area contributed by atoms with Crippen LogP contribution in [0.5, 0.6) is 0 Å². The van der Waals surface area contributed by atoms with Gasteiger partial charge in [-0.15, -0.1) is 0 Å². The molecule has 0 aliphatic carbocycles. The Balaban J connectivity index is 2.12. The van der Waals surface area contributed by atoms with E-state index in [0.29, 0.717) is 5.92 Å². The molecule has 2 rings (SSSR count). The Morgan fingerprint density at radius 1 is 1.40 bits per heavy atom. The van der Waals surface area contributed by atoms with E-state index in [1.807, 2.05) is 12.1 Å². The van der Waals surface area contributed by atoms with Crippen molar-refractivity contribution in [3.05, 3.63) is 35.6 Å². The summed E-state index contributed by atoms with van der Waals surface area (Å²) in [5.74, 6) is 0.467. The molecule has 0 spiro atoms. The van der Waals surface area contributed by atoms with E-state index in [1.165, 1.54) is 0 Å². The van der Waals surface area contributed by atoms with Gasteiger partial charge in [0.15, 0.2) is 0 Å². The molecule has 1 heterocycles. The van der Waals surface area contributed by atoms with Gasteiger partial charge in [0.2, 0.25) is 0 Å². The third-order valence-electron chi connectivity index (χ3n) is 3.52. The normalized spacial score (nSPS) is 24.3. The Labute approximate surface area is 90.7 Å². The van der Waals surface area contributed by atoms with Gasteiger partial charge in [0.05, 0.1) is 0 Å². The van der Waals surface area contributed by atoms with E-state index in [0.717, 1.165) is 24.9 Å².